The van der Waals surface area contributed by atoms with Gasteiger partial charge in [0.15, 0.2) is 0 Å². The highest BCUT2D eigenvalue weighted by molar-refractivity contribution is 9.10. The lowest BCUT2D eigenvalue weighted by Crippen LogP contribution is -2.47. The molecule has 0 unspecified atom stereocenters. The van der Waals surface area contributed by atoms with Gasteiger partial charge in [-0.05, 0) is 57.0 Å². The third-order valence-corrected chi connectivity index (χ3v) is 6.62. The van der Waals surface area contributed by atoms with E-state index in [0.29, 0.717) is 25.5 Å². The Balaban J connectivity index is 1.58. The number of carbonyl (C=O) groups excluding carboxylic acids is 2. The first-order valence-corrected chi connectivity index (χ1v) is 11.4. The molecule has 1 atom stereocenters. The SMILES string of the molecule is CCOC(=O)[C@H]1CCCN(CN2C(=O)C(=Nc3ccc(C)c(Br)c3)c3ccccc32)C1. The maximum Gasteiger partial charge on any atom is 0.310 e. The third-order valence-electron chi connectivity index (χ3n) is 5.76. The van der Waals surface area contributed by atoms with Crippen molar-refractivity contribution >= 4 is 44.9 Å². The van der Waals surface area contributed by atoms with Gasteiger partial charge in [-0.15, -0.1) is 0 Å². The highest BCUT2D eigenvalue weighted by Crippen LogP contribution is 2.32. The molecule has 2 aromatic rings. The molecule has 2 aliphatic heterocycles. The van der Waals surface area contributed by atoms with Crippen LogP contribution in [-0.4, -0.2) is 48.9 Å². The van der Waals surface area contributed by atoms with Crippen LogP contribution in [0.25, 0.3) is 0 Å². The predicted molar refractivity (Wildman–Crippen MR) is 125 cm³/mol. The van der Waals surface area contributed by atoms with Crippen molar-refractivity contribution in [1.82, 2.24) is 4.90 Å². The number of fused-ring (bicyclic) bond motifs is 1. The first-order chi connectivity index (χ1) is 15.0. The van der Waals surface area contributed by atoms with Crippen LogP contribution in [0.1, 0.15) is 30.9 Å². The minimum Gasteiger partial charge on any atom is -0.466 e. The van der Waals surface area contributed by atoms with Gasteiger partial charge < -0.3 is 4.74 Å². The molecular weight excluding hydrogens is 458 g/mol. The normalized spacial score (nSPS) is 20.2. The van der Waals surface area contributed by atoms with Crippen molar-refractivity contribution in [2.45, 2.75) is 26.7 Å². The molecular formula is C24H26BrN3O3. The molecule has 0 bridgehead atoms. The number of aliphatic imine (C=N–C) groups is 1. The van der Waals surface area contributed by atoms with E-state index in [1.165, 1.54) is 0 Å². The summed E-state index contributed by atoms with van der Waals surface area (Å²) in [5.41, 5.74) is 3.99. The molecule has 1 amide bonds. The molecule has 162 valence electrons. The molecule has 0 spiro atoms. The molecule has 0 radical (unpaired) electrons. The highest BCUT2D eigenvalue weighted by Gasteiger charge is 2.36. The average molecular weight is 484 g/mol. The van der Waals surface area contributed by atoms with Gasteiger partial charge in [0.25, 0.3) is 5.91 Å². The van der Waals surface area contributed by atoms with Crippen LogP contribution >= 0.6 is 15.9 Å². The minimum absolute atomic E-state index is 0.115. The van der Waals surface area contributed by atoms with Crippen LogP contribution in [0.2, 0.25) is 0 Å². The van der Waals surface area contributed by atoms with Crippen LogP contribution in [-0.2, 0) is 14.3 Å². The first-order valence-electron chi connectivity index (χ1n) is 10.6. The fraction of sp³-hybridized carbons (Fsp3) is 0.375. The van der Waals surface area contributed by atoms with Crippen LogP contribution in [0.4, 0.5) is 11.4 Å². The number of hydrogen-bond donors (Lipinski definition) is 0. The Hall–Kier alpha value is -2.51. The van der Waals surface area contributed by atoms with Crippen molar-refractivity contribution in [3.63, 3.8) is 0 Å². The van der Waals surface area contributed by atoms with Gasteiger partial charge in [0, 0.05) is 16.6 Å². The van der Waals surface area contributed by atoms with Gasteiger partial charge in [-0.3, -0.25) is 19.4 Å². The lowest BCUT2D eigenvalue weighted by molar-refractivity contribution is -0.149. The van der Waals surface area contributed by atoms with E-state index < -0.39 is 0 Å². The molecule has 0 saturated carbocycles. The molecule has 0 aromatic heterocycles. The second-order valence-corrected chi connectivity index (χ2v) is 8.81. The number of likely N-dealkylation sites (tertiary alicyclic amines) is 1. The second kappa shape index (κ2) is 9.32. The van der Waals surface area contributed by atoms with Crippen LogP contribution in [0, 0.1) is 12.8 Å². The third kappa shape index (κ3) is 4.57. The van der Waals surface area contributed by atoms with Gasteiger partial charge in [0.05, 0.1) is 30.6 Å². The fourth-order valence-electron chi connectivity index (χ4n) is 4.13. The molecule has 1 saturated heterocycles. The molecule has 4 rings (SSSR count). The van der Waals surface area contributed by atoms with Crippen LogP contribution in [0.5, 0.6) is 0 Å². The lowest BCUT2D eigenvalue weighted by Gasteiger charge is -2.34. The van der Waals surface area contributed by atoms with E-state index in [9.17, 15) is 9.59 Å². The van der Waals surface area contributed by atoms with E-state index in [1.54, 1.807) is 4.90 Å². The predicted octanol–water partition coefficient (Wildman–Crippen LogP) is 4.46. The molecule has 7 heteroatoms. The van der Waals surface area contributed by atoms with E-state index in [4.69, 9.17) is 9.73 Å². The largest absolute Gasteiger partial charge is 0.466 e. The van der Waals surface area contributed by atoms with E-state index in [2.05, 4.69) is 20.8 Å². The number of halogens is 1. The van der Waals surface area contributed by atoms with Gasteiger partial charge in [-0.25, -0.2) is 4.99 Å². The van der Waals surface area contributed by atoms with Gasteiger partial charge >= 0.3 is 5.97 Å². The smallest absolute Gasteiger partial charge is 0.310 e. The zero-order chi connectivity index (χ0) is 22.0. The first kappa shape index (κ1) is 21.7. The number of esters is 1. The Bertz CT molecular complexity index is 1040. The molecule has 0 aliphatic carbocycles. The maximum absolute atomic E-state index is 13.4. The molecule has 2 aromatic carbocycles. The summed E-state index contributed by atoms with van der Waals surface area (Å²) < 4.78 is 6.17. The van der Waals surface area contributed by atoms with Crippen LogP contribution in [0.3, 0.4) is 0 Å². The van der Waals surface area contributed by atoms with Crippen molar-refractivity contribution in [3.05, 3.63) is 58.1 Å². The van der Waals surface area contributed by atoms with Crippen molar-refractivity contribution in [2.75, 3.05) is 31.3 Å². The minimum atomic E-state index is -0.146. The second-order valence-electron chi connectivity index (χ2n) is 7.95. The van der Waals surface area contributed by atoms with Gasteiger partial charge in [0.1, 0.15) is 5.71 Å². The Morgan fingerprint density at radius 1 is 1.26 bits per heavy atom. The molecule has 31 heavy (non-hydrogen) atoms. The Kier molecular flexibility index (Phi) is 6.53. The Morgan fingerprint density at radius 3 is 2.84 bits per heavy atom. The summed E-state index contributed by atoms with van der Waals surface area (Å²) in [6, 6.07) is 13.6. The number of rotatable bonds is 5. The highest BCUT2D eigenvalue weighted by atomic mass is 79.9. The maximum atomic E-state index is 13.4. The van der Waals surface area contributed by atoms with Crippen LogP contribution in [0.15, 0.2) is 51.9 Å². The van der Waals surface area contributed by atoms with E-state index in [1.807, 2.05) is 56.3 Å². The quantitative estimate of drug-likeness (QED) is 0.589. The standard InChI is InChI=1S/C24H26BrN3O3/c1-3-31-24(30)17-7-6-12-27(14-17)15-28-21-9-5-4-8-19(21)22(23(28)29)26-18-11-10-16(2)20(25)13-18/h4-5,8-11,13,17H,3,6-7,12,14-15H2,1-2H3/t17-/m0/s1. The van der Waals surface area contributed by atoms with Gasteiger partial charge in [-0.2, -0.15) is 0 Å². The number of anilines is 1. The topological polar surface area (TPSA) is 62.2 Å². The molecule has 6 nitrogen and oxygen atoms in total. The number of amides is 1. The number of para-hydroxylation sites is 1. The fourth-order valence-corrected chi connectivity index (χ4v) is 4.49. The van der Waals surface area contributed by atoms with E-state index in [0.717, 1.165) is 46.4 Å². The number of piperidine rings is 1. The molecule has 1 fully saturated rings. The Morgan fingerprint density at radius 2 is 2.06 bits per heavy atom. The average Bonchev–Trinajstić information content (AvgIpc) is 3.03. The van der Waals surface area contributed by atoms with Gasteiger partial charge in [0.2, 0.25) is 0 Å². The van der Waals surface area contributed by atoms with Crippen molar-refractivity contribution < 1.29 is 14.3 Å². The monoisotopic (exact) mass is 483 g/mol. The molecule has 2 aliphatic rings. The zero-order valence-corrected chi connectivity index (χ0v) is 19.4. The zero-order valence-electron chi connectivity index (χ0n) is 17.8. The van der Waals surface area contributed by atoms with E-state index in [-0.39, 0.29) is 17.8 Å². The summed E-state index contributed by atoms with van der Waals surface area (Å²) in [7, 11) is 0. The number of nitrogens with zero attached hydrogens (tertiary/aromatic N) is 3. The number of carbonyl (C=O) groups is 2. The van der Waals surface area contributed by atoms with Crippen molar-refractivity contribution in [3.8, 4) is 0 Å². The van der Waals surface area contributed by atoms with E-state index >= 15 is 0 Å². The summed E-state index contributed by atoms with van der Waals surface area (Å²) in [4.78, 5) is 34.2. The summed E-state index contributed by atoms with van der Waals surface area (Å²) in [5, 5.41) is 0. The van der Waals surface area contributed by atoms with Gasteiger partial charge in [-0.1, -0.05) is 40.2 Å². The Labute approximate surface area is 191 Å². The number of benzene rings is 2. The summed E-state index contributed by atoms with van der Waals surface area (Å²) >= 11 is 3.54. The lowest BCUT2D eigenvalue weighted by atomic mass is 9.98. The molecule has 2 heterocycles. The van der Waals surface area contributed by atoms with Crippen molar-refractivity contribution in [1.29, 1.82) is 0 Å². The summed E-state index contributed by atoms with van der Waals surface area (Å²) in [5.74, 6) is -0.400. The summed E-state index contributed by atoms with van der Waals surface area (Å²) in [6.45, 7) is 6.11. The van der Waals surface area contributed by atoms with Crippen LogP contribution < -0.4 is 4.90 Å². The number of ether oxygens (including phenoxy) is 1. The molecule has 0 N–H and O–H groups in total. The number of hydrogen-bond acceptors (Lipinski definition) is 5. The number of aryl methyl sites for hydroxylation is 1. The van der Waals surface area contributed by atoms with Crippen molar-refractivity contribution in [2.24, 2.45) is 10.9 Å². The summed E-state index contributed by atoms with van der Waals surface area (Å²) in [6.07, 6.45) is 1.74.